The summed E-state index contributed by atoms with van der Waals surface area (Å²) in [6, 6.07) is 1.30. The average Bonchev–Trinajstić information content (AvgIpc) is 3.26. The number of carboxylic acids is 1. The molecule has 2 aromatic rings. The number of nitrogens with one attached hydrogen (secondary N) is 1. The lowest BCUT2D eigenvalue weighted by Gasteiger charge is -2.42. The number of aromatic carboxylic acids is 1. The molecule has 0 spiro atoms. The number of fused-ring (bicyclic) bond motifs is 1. The van der Waals surface area contributed by atoms with Crippen LogP contribution < -0.4 is 19.9 Å². The maximum atomic E-state index is 12.7. The second-order valence-electron chi connectivity index (χ2n) is 7.52. The van der Waals surface area contributed by atoms with E-state index in [1.807, 2.05) is 6.92 Å². The van der Waals surface area contributed by atoms with Crippen LogP contribution in [0.15, 0.2) is 18.5 Å². The number of hydrogen-bond donors (Lipinski definition) is 2. The minimum atomic E-state index is -1.14. The zero-order valence-electron chi connectivity index (χ0n) is 17.1. The fraction of sp³-hybridized carbons (Fsp3) is 0.450. The summed E-state index contributed by atoms with van der Waals surface area (Å²) in [6.07, 6.45) is 7.34. The van der Waals surface area contributed by atoms with Gasteiger partial charge in [-0.15, -0.1) is 0 Å². The van der Waals surface area contributed by atoms with Crippen molar-refractivity contribution in [2.75, 3.05) is 29.3 Å². The van der Waals surface area contributed by atoms with Crippen LogP contribution in [0, 0.1) is 0 Å². The molecule has 0 saturated heterocycles. The summed E-state index contributed by atoms with van der Waals surface area (Å²) in [7, 11) is 3.18. The second kappa shape index (κ2) is 7.77. The number of aromatic nitrogens is 3. The van der Waals surface area contributed by atoms with E-state index >= 15 is 0 Å². The third-order valence-electron chi connectivity index (χ3n) is 5.73. The molecule has 2 aliphatic rings. The lowest BCUT2D eigenvalue weighted by atomic mass is 10.1. The topological polar surface area (TPSA) is 121 Å². The first-order valence-corrected chi connectivity index (χ1v) is 9.88. The lowest BCUT2D eigenvalue weighted by molar-refractivity contribution is -0.119. The van der Waals surface area contributed by atoms with E-state index in [0.29, 0.717) is 28.9 Å². The molecule has 1 aliphatic heterocycles. The Morgan fingerprint density at radius 1 is 1.27 bits per heavy atom. The second-order valence-corrected chi connectivity index (χ2v) is 7.52. The third-order valence-corrected chi connectivity index (χ3v) is 5.73. The van der Waals surface area contributed by atoms with Gasteiger partial charge in [0, 0.05) is 19.2 Å². The van der Waals surface area contributed by atoms with E-state index in [-0.39, 0.29) is 23.7 Å². The summed E-state index contributed by atoms with van der Waals surface area (Å²) in [5.41, 5.74) is 0.996. The summed E-state index contributed by atoms with van der Waals surface area (Å²) in [5, 5.41) is 12.2. The molecule has 0 unspecified atom stereocenters. The van der Waals surface area contributed by atoms with E-state index < -0.39 is 5.97 Å². The van der Waals surface area contributed by atoms with Gasteiger partial charge in [-0.05, 0) is 19.8 Å². The summed E-state index contributed by atoms with van der Waals surface area (Å²) < 4.78 is 5.29. The minimum Gasteiger partial charge on any atom is -0.494 e. The van der Waals surface area contributed by atoms with E-state index in [0.717, 1.165) is 25.7 Å². The van der Waals surface area contributed by atoms with E-state index in [2.05, 4.69) is 20.2 Å². The van der Waals surface area contributed by atoms with Gasteiger partial charge >= 0.3 is 5.97 Å². The van der Waals surface area contributed by atoms with Gasteiger partial charge in [-0.1, -0.05) is 12.8 Å². The Morgan fingerprint density at radius 2 is 2.00 bits per heavy atom. The molecule has 4 rings (SSSR count). The Hall–Kier alpha value is -3.43. The molecule has 10 heteroatoms. The smallest absolute Gasteiger partial charge is 0.354 e. The highest BCUT2D eigenvalue weighted by atomic mass is 16.5. The minimum absolute atomic E-state index is 0.0221. The highest BCUT2D eigenvalue weighted by molar-refractivity contribution is 6.04. The molecule has 1 amide bonds. The SMILES string of the molecule is COc1cc(C(=O)O)ncc1Nc1ncc2c(n1)N(C1CCCC1)[C@H](C)C(=O)N2C. The van der Waals surface area contributed by atoms with E-state index in [4.69, 9.17) is 14.8 Å². The van der Waals surface area contributed by atoms with Crippen molar-refractivity contribution in [2.45, 2.75) is 44.7 Å². The third kappa shape index (κ3) is 3.38. The van der Waals surface area contributed by atoms with Gasteiger partial charge in [-0.2, -0.15) is 4.98 Å². The van der Waals surface area contributed by atoms with Crippen LogP contribution in [0.3, 0.4) is 0 Å². The Morgan fingerprint density at radius 3 is 2.67 bits per heavy atom. The summed E-state index contributed by atoms with van der Waals surface area (Å²) in [5.74, 6) is 0.225. The van der Waals surface area contributed by atoms with Gasteiger partial charge in [0.15, 0.2) is 11.5 Å². The number of carboxylic acid groups (broad SMARTS) is 1. The van der Waals surface area contributed by atoms with Crippen molar-refractivity contribution >= 4 is 35.0 Å². The van der Waals surface area contributed by atoms with Crippen molar-refractivity contribution in [1.29, 1.82) is 0 Å². The Balaban J connectivity index is 1.71. The molecule has 0 aromatic carbocycles. The van der Waals surface area contributed by atoms with Crippen molar-refractivity contribution in [3.63, 3.8) is 0 Å². The number of anilines is 4. The number of rotatable bonds is 5. The monoisotopic (exact) mass is 412 g/mol. The number of carbonyl (C=O) groups excluding carboxylic acids is 1. The van der Waals surface area contributed by atoms with Gasteiger partial charge in [0.1, 0.15) is 23.2 Å². The molecular formula is C20H24N6O4. The van der Waals surface area contributed by atoms with Crippen LogP contribution >= 0.6 is 0 Å². The van der Waals surface area contributed by atoms with Gasteiger partial charge < -0.3 is 25.0 Å². The van der Waals surface area contributed by atoms with Crippen LogP contribution in [0.5, 0.6) is 5.75 Å². The van der Waals surface area contributed by atoms with Gasteiger partial charge in [0.25, 0.3) is 0 Å². The highest BCUT2D eigenvalue weighted by Gasteiger charge is 2.39. The first-order valence-electron chi connectivity index (χ1n) is 9.88. The summed E-state index contributed by atoms with van der Waals surface area (Å²) >= 11 is 0. The van der Waals surface area contributed by atoms with Crippen molar-refractivity contribution < 1.29 is 19.4 Å². The lowest BCUT2D eigenvalue weighted by Crippen LogP contribution is -2.54. The molecule has 10 nitrogen and oxygen atoms in total. The van der Waals surface area contributed by atoms with Crippen molar-refractivity contribution in [1.82, 2.24) is 15.0 Å². The molecule has 3 heterocycles. The molecule has 1 aliphatic carbocycles. The van der Waals surface area contributed by atoms with Gasteiger partial charge in [0.05, 0.1) is 19.5 Å². The molecule has 158 valence electrons. The van der Waals surface area contributed by atoms with E-state index in [9.17, 15) is 9.59 Å². The Kier molecular flexibility index (Phi) is 5.15. The van der Waals surface area contributed by atoms with Crippen LogP contribution in [-0.4, -0.2) is 58.2 Å². The Bertz CT molecular complexity index is 991. The van der Waals surface area contributed by atoms with Crippen LogP contribution in [0.25, 0.3) is 0 Å². The van der Waals surface area contributed by atoms with E-state index in [1.165, 1.54) is 19.4 Å². The quantitative estimate of drug-likeness (QED) is 0.762. The van der Waals surface area contributed by atoms with Crippen molar-refractivity contribution in [3.05, 3.63) is 24.2 Å². The van der Waals surface area contributed by atoms with Crippen LogP contribution in [0.2, 0.25) is 0 Å². The number of likely N-dealkylation sites (N-methyl/N-ethyl adjacent to an activating group) is 1. The van der Waals surface area contributed by atoms with Crippen molar-refractivity contribution in [2.24, 2.45) is 0 Å². The number of carbonyl (C=O) groups is 2. The molecule has 2 N–H and O–H groups in total. The number of pyridine rings is 1. The zero-order chi connectivity index (χ0) is 21.4. The molecule has 1 saturated carbocycles. The number of amides is 1. The van der Waals surface area contributed by atoms with Crippen molar-refractivity contribution in [3.8, 4) is 5.75 Å². The maximum absolute atomic E-state index is 12.7. The fourth-order valence-electron chi connectivity index (χ4n) is 4.16. The molecule has 1 atom stereocenters. The number of ether oxygens (including phenoxy) is 1. The fourth-order valence-corrected chi connectivity index (χ4v) is 4.16. The largest absolute Gasteiger partial charge is 0.494 e. The molecule has 0 radical (unpaired) electrons. The first-order chi connectivity index (χ1) is 14.4. The maximum Gasteiger partial charge on any atom is 0.354 e. The zero-order valence-corrected chi connectivity index (χ0v) is 17.1. The van der Waals surface area contributed by atoms with Gasteiger partial charge in [-0.25, -0.2) is 14.8 Å². The molecule has 0 bridgehead atoms. The predicted octanol–water partition coefficient (Wildman–Crippen LogP) is 2.44. The first kappa shape index (κ1) is 19.9. The molecule has 2 aromatic heterocycles. The number of methoxy groups -OCH3 is 1. The average molecular weight is 412 g/mol. The molecule has 30 heavy (non-hydrogen) atoms. The highest BCUT2D eigenvalue weighted by Crippen LogP contribution is 2.39. The van der Waals surface area contributed by atoms with Crippen LogP contribution in [0.4, 0.5) is 23.1 Å². The molecular weight excluding hydrogens is 388 g/mol. The van der Waals surface area contributed by atoms with E-state index in [1.54, 1.807) is 18.1 Å². The molecule has 1 fully saturated rings. The summed E-state index contributed by atoms with van der Waals surface area (Å²) in [4.78, 5) is 40.6. The Labute approximate surface area is 173 Å². The van der Waals surface area contributed by atoms with Crippen LogP contribution in [-0.2, 0) is 4.79 Å². The number of nitrogens with zero attached hydrogens (tertiary/aromatic N) is 5. The van der Waals surface area contributed by atoms with Gasteiger partial charge in [-0.3, -0.25) is 4.79 Å². The standard InChI is InChI=1S/C20H24N6O4/c1-11-18(27)25(2)15-10-22-20(24-17(15)26(11)12-6-4-5-7-12)23-14-9-21-13(19(28)29)8-16(14)30-3/h8-12H,4-7H2,1-3H3,(H,28,29)(H,22,23,24)/t11-/m1/s1. The predicted molar refractivity (Wildman–Crippen MR) is 111 cm³/mol. The van der Waals surface area contributed by atoms with Gasteiger partial charge in [0.2, 0.25) is 11.9 Å². The normalized spacial score (nSPS) is 19.0. The number of hydrogen-bond acceptors (Lipinski definition) is 8. The summed E-state index contributed by atoms with van der Waals surface area (Å²) in [6.45, 7) is 1.91. The van der Waals surface area contributed by atoms with Crippen LogP contribution in [0.1, 0.15) is 43.1 Å².